The summed E-state index contributed by atoms with van der Waals surface area (Å²) in [5, 5.41) is 3.61. The van der Waals surface area contributed by atoms with Crippen molar-refractivity contribution in [2.75, 3.05) is 6.54 Å². The van der Waals surface area contributed by atoms with Crippen LogP contribution in [0.15, 0.2) is 42.5 Å². The predicted octanol–water partition coefficient (Wildman–Crippen LogP) is 4.70. The molecule has 1 fully saturated rings. The summed E-state index contributed by atoms with van der Waals surface area (Å²) < 4.78 is 6.15. The molecule has 0 spiro atoms. The monoisotopic (exact) mass is 295 g/mol. The number of hydrogen-bond donors (Lipinski definition) is 1. The molecular weight excluding hydrogens is 270 g/mol. The van der Waals surface area contributed by atoms with Gasteiger partial charge in [0, 0.05) is 11.6 Å². The summed E-state index contributed by atoms with van der Waals surface area (Å²) in [7, 11) is 0. The van der Waals surface area contributed by atoms with E-state index >= 15 is 0 Å². The Hall–Kier alpha value is -1.80. The van der Waals surface area contributed by atoms with Crippen LogP contribution in [0, 0.1) is 13.8 Å². The molecule has 2 heteroatoms. The maximum atomic E-state index is 6.15. The van der Waals surface area contributed by atoms with Gasteiger partial charge in [0.1, 0.15) is 12.4 Å². The highest BCUT2D eigenvalue weighted by molar-refractivity contribution is 5.37. The zero-order chi connectivity index (χ0) is 15.4. The topological polar surface area (TPSA) is 21.3 Å². The molecule has 3 rings (SSSR count). The van der Waals surface area contributed by atoms with Crippen LogP contribution in [-0.4, -0.2) is 6.54 Å². The van der Waals surface area contributed by atoms with Gasteiger partial charge in [0.2, 0.25) is 0 Å². The van der Waals surface area contributed by atoms with Gasteiger partial charge < -0.3 is 10.1 Å². The number of para-hydroxylation sites is 1. The summed E-state index contributed by atoms with van der Waals surface area (Å²) in [6, 6.07) is 15.5. The van der Waals surface area contributed by atoms with Gasteiger partial charge >= 0.3 is 0 Å². The second-order valence-electron chi connectivity index (χ2n) is 6.32. The van der Waals surface area contributed by atoms with E-state index in [1.165, 1.54) is 41.5 Å². The van der Waals surface area contributed by atoms with Crippen LogP contribution in [0.1, 0.15) is 47.6 Å². The number of ether oxygens (including phenoxy) is 1. The summed E-state index contributed by atoms with van der Waals surface area (Å²) in [5.41, 5.74) is 5.12. The summed E-state index contributed by atoms with van der Waals surface area (Å²) in [6.07, 6.45) is 3.77. The average Bonchev–Trinajstić information content (AvgIpc) is 2.53. The summed E-state index contributed by atoms with van der Waals surface area (Å²) in [6.45, 7) is 6.01. The van der Waals surface area contributed by atoms with Crippen LogP contribution in [0.25, 0.3) is 0 Å². The highest BCUT2D eigenvalue weighted by Crippen LogP contribution is 2.30. The minimum Gasteiger partial charge on any atom is -0.489 e. The van der Waals surface area contributed by atoms with Crippen molar-refractivity contribution in [3.63, 3.8) is 0 Å². The Labute approximate surface area is 133 Å². The van der Waals surface area contributed by atoms with Crippen molar-refractivity contribution >= 4 is 0 Å². The van der Waals surface area contributed by atoms with Crippen LogP contribution >= 0.6 is 0 Å². The molecule has 2 aromatic rings. The van der Waals surface area contributed by atoms with Gasteiger partial charge in [-0.15, -0.1) is 0 Å². The largest absolute Gasteiger partial charge is 0.489 e. The molecule has 1 aliphatic heterocycles. The van der Waals surface area contributed by atoms with Gasteiger partial charge in [-0.1, -0.05) is 53.9 Å². The Morgan fingerprint density at radius 1 is 1.05 bits per heavy atom. The van der Waals surface area contributed by atoms with E-state index in [-0.39, 0.29) is 0 Å². The lowest BCUT2D eigenvalue weighted by Crippen LogP contribution is -2.27. The lowest BCUT2D eigenvalue weighted by atomic mass is 9.97. The van der Waals surface area contributed by atoms with Crippen LogP contribution < -0.4 is 10.1 Å². The van der Waals surface area contributed by atoms with Gasteiger partial charge in [0.05, 0.1) is 0 Å². The van der Waals surface area contributed by atoms with Crippen molar-refractivity contribution < 1.29 is 4.74 Å². The SMILES string of the molecule is Cc1cc(C)cc(COc2ccccc2C2CCCCN2)c1. The number of aryl methyl sites for hydroxylation is 2. The smallest absolute Gasteiger partial charge is 0.124 e. The Bertz CT molecular complexity index is 609. The van der Waals surface area contributed by atoms with Gasteiger partial charge in [-0.05, 0) is 44.9 Å². The van der Waals surface area contributed by atoms with Crippen LogP contribution in [0.5, 0.6) is 5.75 Å². The Morgan fingerprint density at radius 2 is 1.82 bits per heavy atom. The molecule has 22 heavy (non-hydrogen) atoms. The normalized spacial score (nSPS) is 18.2. The fourth-order valence-corrected chi connectivity index (χ4v) is 3.33. The van der Waals surface area contributed by atoms with Crippen LogP contribution in [0.2, 0.25) is 0 Å². The van der Waals surface area contributed by atoms with Gasteiger partial charge in [-0.2, -0.15) is 0 Å². The van der Waals surface area contributed by atoms with E-state index < -0.39 is 0 Å². The minimum atomic E-state index is 0.434. The predicted molar refractivity (Wildman–Crippen MR) is 91.3 cm³/mol. The zero-order valence-electron chi connectivity index (χ0n) is 13.6. The Balaban J connectivity index is 1.74. The van der Waals surface area contributed by atoms with Gasteiger partial charge in [0.25, 0.3) is 0 Å². The molecule has 0 bridgehead atoms. The number of piperidine rings is 1. The van der Waals surface area contributed by atoms with E-state index in [1.54, 1.807) is 0 Å². The number of hydrogen-bond acceptors (Lipinski definition) is 2. The first-order valence-corrected chi connectivity index (χ1v) is 8.24. The highest BCUT2D eigenvalue weighted by Gasteiger charge is 2.18. The fraction of sp³-hybridized carbons (Fsp3) is 0.400. The molecule has 0 aliphatic carbocycles. The molecular formula is C20H25NO. The first kappa shape index (κ1) is 15.1. The van der Waals surface area contributed by atoms with Crippen molar-refractivity contribution in [1.29, 1.82) is 0 Å². The summed E-state index contributed by atoms with van der Waals surface area (Å²) >= 11 is 0. The third-order valence-electron chi connectivity index (χ3n) is 4.28. The molecule has 1 aliphatic rings. The standard InChI is InChI=1S/C20H25NO/c1-15-11-16(2)13-17(12-15)14-22-20-9-4-3-7-18(20)19-8-5-6-10-21-19/h3-4,7,9,11-13,19,21H,5-6,8,10,14H2,1-2H3. The van der Waals surface area contributed by atoms with Crippen molar-refractivity contribution in [2.45, 2.75) is 45.8 Å². The fourth-order valence-electron chi connectivity index (χ4n) is 3.33. The van der Waals surface area contributed by atoms with E-state index in [0.717, 1.165) is 12.3 Å². The second kappa shape index (κ2) is 6.97. The third-order valence-corrected chi connectivity index (χ3v) is 4.28. The van der Waals surface area contributed by atoms with Crippen molar-refractivity contribution in [2.24, 2.45) is 0 Å². The van der Waals surface area contributed by atoms with Crippen molar-refractivity contribution in [3.8, 4) is 5.75 Å². The zero-order valence-corrected chi connectivity index (χ0v) is 13.6. The first-order valence-electron chi connectivity index (χ1n) is 8.24. The quantitative estimate of drug-likeness (QED) is 0.883. The molecule has 0 amide bonds. The Kier molecular flexibility index (Phi) is 4.79. The number of rotatable bonds is 4. The molecule has 1 saturated heterocycles. The summed E-state index contributed by atoms with van der Waals surface area (Å²) in [4.78, 5) is 0. The van der Waals surface area contributed by atoms with E-state index in [4.69, 9.17) is 4.74 Å². The van der Waals surface area contributed by atoms with Crippen LogP contribution in [0.4, 0.5) is 0 Å². The lowest BCUT2D eigenvalue weighted by Gasteiger charge is -2.25. The van der Waals surface area contributed by atoms with E-state index in [0.29, 0.717) is 12.6 Å². The Morgan fingerprint density at radius 3 is 2.55 bits per heavy atom. The average molecular weight is 295 g/mol. The molecule has 2 aromatic carbocycles. The maximum Gasteiger partial charge on any atom is 0.124 e. The highest BCUT2D eigenvalue weighted by atomic mass is 16.5. The van der Waals surface area contributed by atoms with Crippen molar-refractivity contribution in [3.05, 3.63) is 64.7 Å². The number of benzene rings is 2. The lowest BCUT2D eigenvalue weighted by molar-refractivity contribution is 0.294. The molecule has 116 valence electrons. The second-order valence-corrected chi connectivity index (χ2v) is 6.32. The number of nitrogens with one attached hydrogen (secondary N) is 1. The first-order chi connectivity index (χ1) is 10.7. The molecule has 0 aromatic heterocycles. The van der Waals surface area contributed by atoms with E-state index in [2.05, 4.69) is 61.6 Å². The third kappa shape index (κ3) is 3.69. The molecule has 1 N–H and O–H groups in total. The molecule has 0 saturated carbocycles. The molecule has 2 nitrogen and oxygen atoms in total. The molecule has 0 radical (unpaired) electrons. The molecule has 1 unspecified atom stereocenters. The summed E-state index contributed by atoms with van der Waals surface area (Å²) in [5.74, 6) is 1.01. The van der Waals surface area contributed by atoms with Crippen molar-refractivity contribution in [1.82, 2.24) is 5.32 Å². The van der Waals surface area contributed by atoms with E-state index in [9.17, 15) is 0 Å². The van der Waals surface area contributed by atoms with Gasteiger partial charge in [0.15, 0.2) is 0 Å². The van der Waals surface area contributed by atoms with Gasteiger partial charge in [-0.25, -0.2) is 0 Å². The molecule has 1 heterocycles. The van der Waals surface area contributed by atoms with E-state index in [1.807, 2.05) is 0 Å². The van der Waals surface area contributed by atoms with Gasteiger partial charge in [-0.3, -0.25) is 0 Å². The van der Waals surface area contributed by atoms with Crippen LogP contribution in [-0.2, 0) is 6.61 Å². The minimum absolute atomic E-state index is 0.434. The maximum absolute atomic E-state index is 6.15. The molecule has 1 atom stereocenters. The van der Waals surface area contributed by atoms with Crippen LogP contribution in [0.3, 0.4) is 0 Å².